The Balaban J connectivity index is 2.03. The van der Waals surface area contributed by atoms with Crippen LogP contribution in [0.1, 0.15) is 43.8 Å². The number of benzene rings is 1. The fourth-order valence-electron chi connectivity index (χ4n) is 2.99. The molecule has 6 heteroatoms. The summed E-state index contributed by atoms with van der Waals surface area (Å²) < 4.78 is 15.3. The molecule has 1 aliphatic carbocycles. The molecule has 1 saturated carbocycles. The van der Waals surface area contributed by atoms with E-state index in [1.807, 2.05) is 0 Å². The van der Waals surface area contributed by atoms with E-state index in [9.17, 15) is 4.39 Å². The van der Waals surface area contributed by atoms with Crippen molar-refractivity contribution in [3.63, 3.8) is 0 Å². The minimum atomic E-state index is -0.302. The Morgan fingerprint density at radius 3 is 2.62 bits per heavy atom. The zero-order valence-corrected chi connectivity index (χ0v) is 13.2. The van der Waals surface area contributed by atoms with Gasteiger partial charge in [-0.3, -0.25) is 0 Å². The number of hydrogen-bond acceptors (Lipinski definition) is 3. The molecule has 0 spiro atoms. The average Bonchev–Trinajstić information content (AvgIpc) is 2.77. The van der Waals surface area contributed by atoms with Gasteiger partial charge in [0.15, 0.2) is 5.82 Å². The topological polar surface area (TPSA) is 69.9 Å². The second-order valence-corrected chi connectivity index (χ2v) is 6.39. The predicted octanol–water partition coefficient (Wildman–Crippen LogP) is 3.80. The van der Waals surface area contributed by atoms with Gasteiger partial charge in [-0.1, -0.05) is 19.3 Å². The maximum absolute atomic E-state index is 13.2. The van der Waals surface area contributed by atoms with Crippen LogP contribution in [0.3, 0.4) is 0 Å². The molecule has 0 unspecified atom stereocenters. The maximum Gasteiger partial charge on any atom is 0.150 e. The normalized spacial score (nSPS) is 16.3. The van der Waals surface area contributed by atoms with E-state index in [1.165, 1.54) is 36.1 Å². The largest absolute Gasteiger partial charge is 0.382 e. The van der Waals surface area contributed by atoms with Crippen molar-refractivity contribution in [1.82, 2.24) is 9.66 Å². The highest BCUT2D eigenvalue weighted by atomic mass is 79.9. The van der Waals surface area contributed by atoms with E-state index in [0.29, 0.717) is 21.9 Å². The van der Waals surface area contributed by atoms with Gasteiger partial charge in [0.25, 0.3) is 0 Å². The first-order valence-corrected chi connectivity index (χ1v) is 7.96. The zero-order valence-electron chi connectivity index (χ0n) is 11.6. The lowest BCUT2D eigenvalue weighted by molar-refractivity contribution is 0.424. The molecule has 0 aliphatic heterocycles. The summed E-state index contributed by atoms with van der Waals surface area (Å²) in [6.45, 7) is 0. The maximum atomic E-state index is 13.2. The van der Waals surface area contributed by atoms with Gasteiger partial charge >= 0.3 is 0 Å². The van der Waals surface area contributed by atoms with Crippen molar-refractivity contribution in [3.05, 3.63) is 34.3 Å². The van der Waals surface area contributed by atoms with E-state index in [-0.39, 0.29) is 5.82 Å². The second-order valence-electron chi connectivity index (χ2n) is 5.53. The van der Waals surface area contributed by atoms with Crippen molar-refractivity contribution in [1.29, 1.82) is 0 Å². The van der Waals surface area contributed by atoms with E-state index in [1.54, 1.807) is 6.07 Å². The third-order valence-corrected chi connectivity index (χ3v) is 4.79. The summed E-state index contributed by atoms with van der Waals surface area (Å²) in [5, 5.41) is 0. The van der Waals surface area contributed by atoms with Gasteiger partial charge < -0.3 is 11.6 Å². The molecule has 1 aromatic heterocycles. The van der Waals surface area contributed by atoms with Crippen molar-refractivity contribution >= 4 is 21.7 Å². The molecule has 0 amide bonds. The number of hydrogen-bond donors (Lipinski definition) is 2. The molecule has 1 heterocycles. The molecule has 2 aromatic rings. The molecule has 3 rings (SSSR count). The first-order chi connectivity index (χ1) is 10.1. The Hall–Kier alpha value is -1.56. The number of aromatic nitrogens is 2. The highest BCUT2D eigenvalue weighted by Gasteiger charge is 2.24. The lowest BCUT2D eigenvalue weighted by atomic mass is 9.89. The first-order valence-electron chi connectivity index (χ1n) is 7.16. The lowest BCUT2D eigenvalue weighted by Crippen LogP contribution is -2.19. The Kier molecular flexibility index (Phi) is 3.89. The van der Waals surface area contributed by atoms with Gasteiger partial charge in [0.2, 0.25) is 0 Å². The first kappa shape index (κ1) is 14.4. The van der Waals surface area contributed by atoms with Gasteiger partial charge in [0.1, 0.15) is 17.3 Å². The molecule has 0 radical (unpaired) electrons. The van der Waals surface area contributed by atoms with E-state index in [2.05, 4.69) is 20.9 Å². The van der Waals surface area contributed by atoms with Gasteiger partial charge in [-0.05, 0) is 47.0 Å². The van der Waals surface area contributed by atoms with Crippen molar-refractivity contribution in [2.75, 3.05) is 11.6 Å². The molecule has 0 bridgehead atoms. The molecule has 4 N–H and O–H groups in total. The molecule has 4 nitrogen and oxygen atoms in total. The van der Waals surface area contributed by atoms with Crippen molar-refractivity contribution < 1.29 is 4.39 Å². The number of halogens is 2. The van der Waals surface area contributed by atoms with Crippen LogP contribution >= 0.6 is 15.9 Å². The molecule has 21 heavy (non-hydrogen) atoms. The van der Waals surface area contributed by atoms with Crippen LogP contribution in [0.5, 0.6) is 0 Å². The number of anilines is 1. The van der Waals surface area contributed by atoms with Crippen LogP contribution in [-0.2, 0) is 0 Å². The van der Waals surface area contributed by atoms with Crippen LogP contribution in [0.25, 0.3) is 11.3 Å². The average molecular weight is 353 g/mol. The van der Waals surface area contributed by atoms with Crippen molar-refractivity contribution in [2.24, 2.45) is 0 Å². The summed E-state index contributed by atoms with van der Waals surface area (Å²) in [4.78, 5) is 4.65. The third-order valence-electron chi connectivity index (χ3n) is 4.13. The van der Waals surface area contributed by atoms with Crippen LogP contribution in [0.15, 0.2) is 22.7 Å². The fourth-order valence-corrected chi connectivity index (χ4v) is 3.53. The monoisotopic (exact) mass is 352 g/mol. The van der Waals surface area contributed by atoms with Crippen LogP contribution in [0.2, 0.25) is 0 Å². The molecule has 112 valence electrons. The Morgan fingerprint density at radius 1 is 1.24 bits per heavy atom. The van der Waals surface area contributed by atoms with E-state index < -0.39 is 0 Å². The minimum absolute atomic E-state index is 0.302. The molecule has 0 atom stereocenters. The number of rotatable bonds is 2. The summed E-state index contributed by atoms with van der Waals surface area (Å²) in [7, 11) is 0. The number of nitrogens with two attached hydrogens (primary N) is 2. The molecular formula is C15H18BrFN4. The Bertz CT molecular complexity index is 662. The molecule has 1 aromatic carbocycles. The smallest absolute Gasteiger partial charge is 0.150 e. The molecule has 1 fully saturated rings. The summed E-state index contributed by atoms with van der Waals surface area (Å²) in [5.74, 6) is 7.40. The van der Waals surface area contributed by atoms with E-state index in [0.717, 1.165) is 24.2 Å². The highest BCUT2D eigenvalue weighted by molar-refractivity contribution is 9.10. The fraction of sp³-hybridized carbons (Fsp3) is 0.400. The minimum Gasteiger partial charge on any atom is -0.382 e. The third kappa shape index (κ3) is 2.64. The quantitative estimate of drug-likeness (QED) is 0.807. The van der Waals surface area contributed by atoms with E-state index >= 15 is 0 Å². The van der Waals surface area contributed by atoms with Gasteiger partial charge in [-0.25, -0.2) is 14.1 Å². The Labute approximate surface area is 131 Å². The second kappa shape index (κ2) is 5.67. The molecule has 1 aliphatic rings. The summed E-state index contributed by atoms with van der Waals surface area (Å²) >= 11 is 3.36. The lowest BCUT2D eigenvalue weighted by Gasteiger charge is -2.20. The highest BCUT2D eigenvalue weighted by Crippen LogP contribution is 2.37. The van der Waals surface area contributed by atoms with Crippen LogP contribution in [0.4, 0.5) is 10.2 Å². The number of imidazole rings is 1. The standard InChI is InChI=1S/C15H18BrFN4/c16-12-8-10(17)6-7-11(12)13-14(18)21(19)15(20-13)9-4-2-1-3-5-9/h6-9H,1-5,18-19H2. The number of nitrogens with zero attached hydrogens (tertiary/aromatic N) is 2. The van der Waals surface area contributed by atoms with Crippen LogP contribution < -0.4 is 11.6 Å². The van der Waals surface area contributed by atoms with E-state index in [4.69, 9.17) is 11.6 Å². The van der Waals surface area contributed by atoms with Gasteiger partial charge in [-0.2, -0.15) is 0 Å². The SMILES string of the molecule is Nc1c(-c2ccc(F)cc2Br)nc(C2CCCCC2)n1N. The summed E-state index contributed by atoms with van der Waals surface area (Å²) in [6, 6.07) is 4.47. The predicted molar refractivity (Wildman–Crippen MR) is 85.7 cm³/mol. The summed E-state index contributed by atoms with van der Waals surface area (Å²) in [5.41, 5.74) is 7.49. The van der Waals surface area contributed by atoms with Crippen molar-refractivity contribution in [3.8, 4) is 11.3 Å². The van der Waals surface area contributed by atoms with Crippen molar-refractivity contribution in [2.45, 2.75) is 38.0 Å². The molecular weight excluding hydrogens is 335 g/mol. The molecule has 0 saturated heterocycles. The number of nitrogen functional groups attached to an aromatic ring is 2. The van der Waals surface area contributed by atoms with Gasteiger partial charge in [0, 0.05) is 16.0 Å². The summed E-state index contributed by atoms with van der Waals surface area (Å²) in [6.07, 6.45) is 5.86. The van der Waals surface area contributed by atoms with Gasteiger partial charge in [0.05, 0.1) is 0 Å². The van der Waals surface area contributed by atoms with Crippen LogP contribution in [0, 0.1) is 5.82 Å². The van der Waals surface area contributed by atoms with Gasteiger partial charge in [-0.15, -0.1) is 0 Å². The van der Waals surface area contributed by atoms with Crippen LogP contribution in [-0.4, -0.2) is 9.66 Å². The zero-order chi connectivity index (χ0) is 15.0. The Morgan fingerprint density at radius 2 is 1.95 bits per heavy atom.